The van der Waals surface area contributed by atoms with E-state index in [0.29, 0.717) is 0 Å². The molecule has 0 heterocycles. The number of benzene rings is 1. The Morgan fingerprint density at radius 2 is 1.88 bits per heavy atom. The van der Waals surface area contributed by atoms with E-state index in [9.17, 15) is 0 Å². The predicted octanol–water partition coefficient (Wildman–Crippen LogP) is 5.32. The van der Waals surface area contributed by atoms with Gasteiger partial charge in [-0.2, -0.15) is 0 Å². The maximum atomic E-state index is 2.30. The van der Waals surface area contributed by atoms with E-state index in [1.54, 1.807) is 0 Å². The molecule has 0 nitrogen and oxygen atoms in total. The quantitative estimate of drug-likeness (QED) is 0.427. The second-order valence-electron chi connectivity index (χ2n) is 4.37. The molecular formula is C16H24. The number of unbranched alkanes of at least 4 members (excludes halogenated alkanes) is 2. The minimum absolute atomic E-state index is 0.756. The van der Waals surface area contributed by atoms with Crippen molar-refractivity contribution in [3.8, 4) is 0 Å². The molecule has 0 aliphatic rings. The van der Waals surface area contributed by atoms with Crippen LogP contribution in [0.4, 0.5) is 0 Å². The molecule has 1 rings (SSSR count). The molecule has 0 saturated carbocycles. The molecule has 0 heteroatoms. The van der Waals surface area contributed by atoms with Crippen LogP contribution in [-0.2, 0) is 0 Å². The lowest BCUT2D eigenvalue weighted by Gasteiger charge is -2.14. The zero-order chi connectivity index (χ0) is 11.6. The maximum Gasteiger partial charge on any atom is -0.0165 e. The van der Waals surface area contributed by atoms with Crippen molar-refractivity contribution >= 4 is 0 Å². The van der Waals surface area contributed by atoms with E-state index in [0.717, 1.165) is 5.92 Å². The van der Waals surface area contributed by atoms with E-state index < -0.39 is 0 Å². The van der Waals surface area contributed by atoms with Crippen LogP contribution in [0.2, 0.25) is 0 Å². The molecule has 1 aromatic carbocycles. The average molecular weight is 216 g/mol. The highest BCUT2D eigenvalue weighted by atomic mass is 14.1. The summed E-state index contributed by atoms with van der Waals surface area (Å²) in [5, 5.41) is 0. The van der Waals surface area contributed by atoms with Crippen molar-refractivity contribution in [3.63, 3.8) is 0 Å². The van der Waals surface area contributed by atoms with Gasteiger partial charge in [-0.25, -0.2) is 0 Å². The molecular weight excluding hydrogens is 192 g/mol. The lowest BCUT2D eigenvalue weighted by molar-refractivity contribution is 0.560. The van der Waals surface area contributed by atoms with Crippen molar-refractivity contribution < 1.29 is 0 Å². The zero-order valence-electron chi connectivity index (χ0n) is 10.7. The summed E-state index contributed by atoms with van der Waals surface area (Å²) in [7, 11) is 0. The largest absolute Gasteiger partial charge is 0.0917 e. The summed E-state index contributed by atoms with van der Waals surface area (Å²) in [6.07, 6.45) is 10.9. The van der Waals surface area contributed by atoms with Crippen molar-refractivity contribution in [2.24, 2.45) is 0 Å². The Bertz CT molecular complexity index is 284. The molecule has 0 spiro atoms. The van der Waals surface area contributed by atoms with Gasteiger partial charge < -0.3 is 0 Å². The summed E-state index contributed by atoms with van der Waals surface area (Å²) in [5.41, 5.74) is 1.51. The molecule has 0 aromatic heterocycles. The van der Waals surface area contributed by atoms with Crippen molar-refractivity contribution in [2.45, 2.75) is 51.9 Å². The minimum atomic E-state index is 0.756. The fraction of sp³-hybridized carbons (Fsp3) is 0.500. The molecule has 1 unspecified atom stereocenters. The summed E-state index contributed by atoms with van der Waals surface area (Å²) in [6, 6.07) is 10.9. The molecule has 0 fully saturated rings. The van der Waals surface area contributed by atoms with Crippen LogP contribution in [-0.4, -0.2) is 0 Å². The number of hydrogen-bond donors (Lipinski definition) is 0. The second kappa shape index (κ2) is 8.15. The molecule has 0 bridgehead atoms. The molecule has 16 heavy (non-hydrogen) atoms. The third kappa shape index (κ3) is 4.65. The van der Waals surface area contributed by atoms with Crippen LogP contribution in [0, 0.1) is 0 Å². The Balaban J connectivity index is 2.33. The van der Waals surface area contributed by atoms with Gasteiger partial charge in [-0.15, -0.1) is 0 Å². The standard InChI is InChI=1S/C16H24/c1-3-5-6-7-9-12-15(4-2)16-13-10-8-11-14-16/h3,5,8,10-11,13-15H,4,6-7,9,12H2,1-2H3. The van der Waals surface area contributed by atoms with Crippen LogP contribution in [0.25, 0.3) is 0 Å². The molecule has 0 saturated heterocycles. The highest BCUT2D eigenvalue weighted by Gasteiger charge is 2.07. The topological polar surface area (TPSA) is 0 Å². The van der Waals surface area contributed by atoms with Crippen molar-refractivity contribution in [1.29, 1.82) is 0 Å². The summed E-state index contributed by atoms with van der Waals surface area (Å²) < 4.78 is 0. The fourth-order valence-electron chi connectivity index (χ4n) is 2.15. The van der Waals surface area contributed by atoms with E-state index in [1.807, 2.05) is 0 Å². The smallest absolute Gasteiger partial charge is 0.0165 e. The Labute approximate surface area is 100 Å². The predicted molar refractivity (Wildman–Crippen MR) is 72.8 cm³/mol. The second-order valence-corrected chi connectivity index (χ2v) is 4.37. The van der Waals surface area contributed by atoms with E-state index >= 15 is 0 Å². The molecule has 0 radical (unpaired) electrons. The molecule has 1 aromatic rings. The number of rotatable bonds is 7. The van der Waals surface area contributed by atoms with Crippen LogP contribution in [0.5, 0.6) is 0 Å². The van der Waals surface area contributed by atoms with Gasteiger partial charge in [-0.3, -0.25) is 0 Å². The van der Waals surface area contributed by atoms with Crippen LogP contribution >= 0.6 is 0 Å². The zero-order valence-corrected chi connectivity index (χ0v) is 10.7. The first-order valence-corrected chi connectivity index (χ1v) is 6.54. The normalized spacial score (nSPS) is 13.1. The van der Waals surface area contributed by atoms with Crippen LogP contribution in [0.15, 0.2) is 42.5 Å². The van der Waals surface area contributed by atoms with Gasteiger partial charge in [0.1, 0.15) is 0 Å². The van der Waals surface area contributed by atoms with Crippen molar-refractivity contribution in [2.75, 3.05) is 0 Å². The van der Waals surface area contributed by atoms with Crippen LogP contribution in [0.3, 0.4) is 0 Å². The van der Waals surface area contributed by atoms with Gasteiger partial charge in [0, 0.05) is 0 Å². The first-order chi connectivity index (χ1) is 7.88. The van der Waals surface area contributed by atoms with Gasteiger partial charge >= 0.3 is 0 Å². The highest BCUT2D eigenvalue weighted by molar-refractivity contribution is 5.19. The maximum absolute atomic E-state index is 2.30. The fourth-order valence-corrected chi connectivity index (χ4v) is 2.15. The summed E-state index contributed by atoms with van der Waals surface area (Å²) >= 11 is 0. The first-order valence-electron chi connectivity index (χ1n) is 6.54. The van der Waals surface area contributed by atoms with Crippen LogP contribution in [0.1, 0.15) is 57.4 Å². The van der Waals surface area contributed by atoms with Gasteiger partial charge in [0.2, 0.25) is 0 Å². The third-order valence-corrected chi connectivity index (χ3v) is 3.17. The number of hydrogen-bond acceptors (Lipinski definition) is 0. The Hall–Kier alpha value is -1.04. The summed E-state index contributed by atoms with van der Waals surface area (Å²) in [5.74, 6) is 0.756. The Kier molecular flexibility index (Phi) is 6.64. The van der Waals surface area contributed by atoms with Gasteiger partial charge in [0.15, 0.2) is 0 Å². The molecule has 0 amide bonds. The van der Waals surface area contributed by atoms with Crippen molar-refractivity contribution in [1.82, 2.24) is 0 Å². The highest BCUT2D eigenvalue weighted by Crippen LogP contribution is 2.25. The third-order valence-electron chi connectivity index (χ3n) is 3.17. The van der Waals surface area contributed by atoms with Gasteiger partial charge in [0.05, 0.1) is 0 Å². The molecule has 0 N–H and O–H groups in total. The van der Waals surface area contributed by atoms with E-state index in [-0.39, 0.29) is 0 Å². The van der Waals surface area contributed by atoms with E-state index in [2.05, 4.69) is 56.3 Å². The molecule has 0 aliphatic carbocycles. The van der Waals surface area contributed by atoms with E-state index in [4.69, 9.17) is 0 Å². The SMILES string of the molecule is CC=CCCCCC(CC)c1ccccc1. The first kappa shape index (κ1) is 13.0. The lowest BCUT2D eigenvalue weighted by Crippen LogP contribution is -1.96. The Morgan fingerprint density at radius 1 is 1.12 bits per heavy atom. The average Bonchev–Trinajstić information content (AvgIpc) is 2.35. The van der Waals surface area contributed by atoms with Gasteiger partial charge in [-0.05, 0) is 44.1 Å². The molecule has 1 atom stereocenters. The lowest BCUT2D eigenvalue weighted by atomic mass is 9.91. The summed E-state index contributed by atoms with van der Waals surface area (Å²) in [4.78, 5) is 0. The summed E-state index contributed by atoms with van der Waals surface area (Å²) in [6.45, 7) is 4.39. The monoisotopic (exact) mass is 216 g/mol. The van der Waals surface area contributed by atoms with Crippen LogP contribution < -0.4 is 0 Å². The number of allylic oxidation sites excluding steroid dienone is 2. The minimum Gasteiger partial charge on any atom is -0.0917 e. The Morgan fingerprint density at radius 3 is 2.50 bits per heavy atom. The van der Waals surface area contributed by atoms with E-state index in [1.165, 1.54) is 37.7 Å². The van der Waals surface area contributed by atoms with Gasteiger partial charge in [0.25, 0.3) is 0 Å². The molecule has 0 aliphatic heterocycles. The van der Waals surface area contributed by atoms with Gasteiger partial charge in [-0.1, -0.05) is 55.8 Å². The molecule has 88 valence electrons. The van der Waals surface area contributed by atoms with Crippen molar-refractivity contribution in [3.05, 3.63) is 48.0 Å².